The standard InChI is InChI=1S/C16H24O3/c1-16(2,3)19-10-9-18-13-8-7-12-5-4-6-15(17)14(12)11-13/h7-8,11,15,17H,4-6,9-10H2,1-3H3/t15-/m0/s1. The molecule has 1 aromatic carbocycles. The molecule has 0 amide bonds. The molecule has 0 fully saturated rings. The lowest BCUT2D eigenvalue weighted by Gasteiger charge is -2.22. The number of ether oxygens (including phenoxy) is 2. The molecule has 0 aliphatic heterocycles. The number of aliphatic hydroxyl groups excluding tert-OH is 1. The summed E-state index contributed by atoms with van der Waals surface area (Å²) in [6.07, 6.45) is 2.63. The molecule has 0 heterocycles. The Morgan fingerprint density at radius 3 is 2.79 bits per heavy atom. The van der Waals surface area contributed by atoms with Gasteiger partial charge in [-0.25, -0.2) is 0 Å². The van der Waals surface area contributed by atoms with Gasteiger partial charge in [0.15, 0.2) is 0 Å². The quantitative estimate of drug-likeness (QED) is 0.848. The van der Waals surface area contributed by atoms with Gasteiger partial charge >= 0.3 is 0 Å². The molecule has 0 spiro atoms. The summed E-state index contributed by atoms with van der Waals surface area (Å²) in [7, 11) is 0. The second-order valence-electron chi connectivity index (χ2n) is 6.08. The summed E-state index contributed by atoms with van der Waals surface area (Å²) in [5.41, 5.74) is 2.15. The van der Waals surface area contributed by atoms with Crippen molar-refractivity contribution < 1.29 is 14.6 Å². The summed E-state index contributed by atoms with van der Waals surface area (Å²) in [5.74, 6) is 0.817. The van der Waals surface area contributed by atoms with Crippen LogP contribution in [-0.4, -0.2) is 23.9 Å². The first kappa shape index (κ1) is 14.4. The van der Waals surface area contributed by atoms with Gasteiger partial charge < -0.3 is 14.6 Å². The number of benzene rings is 1. The van der Waals surface area contributed by atoms with Crippen LogP contribution >= 0.6 is 0 Å². The molecule has 0 saturated carbocycles. The molecule has 19 heavy (non-hydrogen) atoms. The van der Waals surface area contributed by atoms with E-state index in [1.54, 1.807) is 0 Å². The molecule has 0 bridgehead atoms. The topological polar surface area (TPSA) is 38.7 Å². The van der Waals surface area contributed by atoms with E-state index in [1.165, 1.54) is 5.56 Å². The van der Waals surface area contributed by atoms with E-state index in [4.69, 9.17) is 9.47 Å². The molecule has 3 nitrogen and oxygen atoms in total. The van der Waals surface area contributed by atoms with Crippen LogP contribution in [0.5, 0.6) is 5.75 Å². The molecule has 1 aliphatic rings. The molecule has 0 aromatic heterocycles. The predicted octanol–water partition coefficient (Wildman–Crippen LogP) is 3.25. The highest BCUT2D eigenvalue weighted by molar-refractivity contribution is 5.38. The Kier molecular flexibility index (Phi) is 4.48. The van der Waals surface area contributed by atoms with Crippen molar-refractivity contribution in [3.8, 4) is 5.75 Å². The normalized spacial score (nSPS) is 19.1. The summed E-state index contributed by atoms with van der Waals surface area (Å²) in [5, 5.41) is 9.98. The van der Waals surface area contributed by atoms with Crippen molar-refractivity contribution in [2.75, 3.05) is 13.2 Å². The van der Waals surface area contributed by atoms with Crippen molar-refractivity contribution in [3.05, 3.63) is 29.3 Å². The van der Waals surface area contributed by atoms with Crippen molar-refractivity contribution in [1.82, 2.24) is 0 Å². The van der Waals surface area contributed by atoms with E-state index in [1.807, 2.05) is 32.9 Å². The Bertz CT molecular complexity index is 420. The van der Waals surface area contributed by atoms with E-state index in [0.29, 0.717) is 13.2 Å². The fourth-order valence-corrected chi connectivity index (χ4v) is 2.35. The SMILES string of the molecule is CC(C)(C)OCCOc1ccc2c(c1)[C@@H](O)CCC2. The Labute approximate surface area is 115 Å². The van der Waals surface area contributed by atoms with Gasteiger partial charge in [0.25, 0.3) is 0 Å². The molecule has 1 atom stereocenters. The van der Waals surface area contributed by atoms with Crippen LogP contribution in [0.2, 0.25) is 0 Å². The van der Waals surface area contributed by atoms with Gasteiger partial charge in [-0.05, 0) is 63.3 Å². The number of aryl methyl sites for hydroxylation is 1. The van der Waals surface area contributed by atoms with E-state index in [2.05, 4.69) is 6.07 Å². The van der Waals surface area contributed by atoms with E-state index in [9.17, 15) is 5.11 Å². The highest BCUT2D eigenvalue weighted by atomic mass is 16.5. The third-order valence-corrected chi connectivity index (χ3v) is 3.29. The molecular weight excluding hydrogens is 240 g/mol. The van der Waals surface area contributed by atoms with Gasteiger partial charge in [0.1, 0.15) is 12.4 Å². The molecule has 0 saturated heterocycles. The summed E-state index contributed by atoms with van der Waals surface area (Å²) in [6.45, 7) is 7.20. The Hall–Kier alpha value is -1.06. The summed E-state index contributed by atoms with van der Waals surface area (Å²) in [4.78, 5) is 0. The van der Waals surface area contributed by atoms with Gasteiger partial charge in [-0.1, -0.05) is 6.07 Å². The van der Waals surface area contributed by atoms with Crippen molar-refractivity contribution in [2.24, 2.45) is 0 Å². The minimum Gasteiger partial charge on any atom is -0.491 e. The average molecular weight is 264 g/mol. The summed E-state index contributed by atoms with van der Waals surface area (Å²) in [6, 6.07) is 6.02. The summed E-state index contributed by atoms with van der Waals surface area (Å²) < 4.78 is 11.3. The van der Waals surface area contributed by atoms with Gasteiger partial charge in [-0.2, -0.15) is 0 Å². The van der Waals surface area contributed by atoms with Crippen LogP contribution in [0.1, 0.15) is 50.8 Å². The zero-order chi connectivity index (χ0) is 13.9. The predicted molar refractivity (Wildman–Crippen MR) is 75.5 cm³/mol. The fourth-order valence-electron chi connectivity index (χ4n) is 2.35. The molecule has 106 valence electrons. The van der Waals surface area contributed by atoms with Crippen molar-refractivity contribution in [1.29, 1.82) is 0 Å². The Morgan fingerprint density at radius 2 is 2.05 bits per heavy atom. The fraction of sp³-hybridized carbons (Fsp3) is 0.625. The van der Waals surface area contributed by atoms with Crippen LogP contribution < -0.4 is 4.74 Å². The number of rotatable bonds is 4. The first-order valence-corrected chi connectivity index (χ1v) is 7.03. The first-order chi connectivity index (χ1) is 8.96. The highest BCUT2D eigenvalue weighted by Gasteiger charge is 2.18. The van der Waals surface area contributed by atoms with E-state index in [-0.39, 0.29) is 11.7 Å². The second-order valence-corrected chi connectivity index (χ2v) is 6.08. The van der Waals surface area contributed by atoms with Gasteiger partial charge in [-0.3, -0.25) is 0 Å². The molecule has 0 radical (unpaired) electrons. The molecule has 1 aliphatic carbocycles. The number of fused-ring (bicyclic) bond motifs is 1. The van der Waals surface area contributed by atoms with E-state index >= 15 is 0 Å². The number of hydrogen-bond acceptors (Lipinski definition) is 3. The van der Waals surface area contributed by atoms with Gasteiger partial charge in [0.2, 0.25) is 0 Å². The third-order valence-electron chi connectivity index (χ3n) is 3.29. The van der Waals surface area contributed by atoms with Gasteiger partial charge in [0, 0.05) is 0 Å². The molecule has 1 aromatic rings. The van der Waals surface area contributed by atoms with Crippen LogP contribution in [-0.2, 0) is 11.2 Å². The monoisotopic (exact) mass is 264 g/mol. The minimum atomic E-state index is -0.335. The van der Waals surface area contributed by atoms with Gasteiger partial charge in [0.05, 0.1) is 18.3 Å². The largest absolute Gasteiger partial charge is 0.491 e. The van der Waals surface area contributed by atoms with Crippen LogP contribution in [0, 0.1) is 0 Å². The van der Waals surface area contributed by atoms with Crippen molar-refractivity contribution >= 4 is 0 Å². The zero-order valence-electron chi connectivity index (χ0n) is 12.1. The summed E-state index contributed by atoms with van der Waals surface area (Å²) >= 11 is 0. The maximum Gasteiger partial charge on any atom is 0.119 e. The second kappa shape index (κ2) is 5.93. The zero-order valence-corrected chi connectivity index (χ0v) is 12.1. The first-order valence-electron chi connectivity index (χ1n) is 7.03. The molecule has 0 unspecified atom stereocenters. The number of hydrogen-bond donors (Lipinski definition) is 1. The third kappa shape index (κ3) is 4.22. The average Bonchev–Trinajstić information content (AvgIpc) is 2.34. The molecule has 3 heteroatoms. The van der Waals surface area contributed by atoms with Crippen LogP contribution in [0.4, 0.5) is 0 Å². The lowest BCUT2D eigenvalue weighted by atomic mass is 9.89. The molecular formula is C16H24O3. The maximum absolute atomic E-state index is 9.98. The molecule has 1 N–H and O–H groups in total. The van der Waals surface area contributed by atoms with Gasteiger partial charge in [-0.15, -0.1) is 0 Å². The lowest BCUT2D eigenvalue weighted by molar-refractivity contribution is -0.0163. The van der Waals surface area contributed by atoms with Crippen molar-refractivity contribution in [3.63, 3.8) is 0 Å². The van der Waals surface area contributed by atoms with Crippen LogP contribution in [0.3, 0.4) is 0 Å². The van der Waals surface area contributed by atoms with E-state index in [0.717, 1.165) is 30.6 Å². The van der Waals surface area contributed by atoms with Crippen LogP contribution in [0.25, 0.3) is 0 Å². The number of aliphatic hydroxyl groups is 1. The Morgan fingerprint density at radius 1 is 1.26 bits per heavy atom. The minimum absolute atomic E-state index is 0.130. The smallest absolute Gasteiger partial charge is 0.119 e. The Balaban J connectivity index is 1.89. The maximum atomic E-state index is 9.98. The van der Waals surface area contributed by atoms with E-state index < -0.39 is 0 Å². The highest BCUT2D eigenvalue weighted by Crippen LogP contribution is 2.32. The van der Waals surface area contributed by atoms with Crippen LogP contribution in [0.15, 0.2) is 18.2 Å². The van der Waals surface area contributed by atoms with Crippen molar-refractivity contribution in [2.45, 2.75) is 51.7 Å². The lowest BCUT2D eigenvalue weighted by Crippen LogP contribution is -2.22. The molecule has 2 rings (SSSR count).